The van der Waals surface area contributed by atoms with Crippen LogP contribution in [0.4, 0.5) is 5.82 Å². The van der Waals surface area contributed by atoms with Crippen molar-refractivity contribution in [2.24, 2.45) is 0 Å². The minimum atomic E-state index is -0.129. The average Bonchev–Trinajstić information content (AvgIpc) is 3.24. The molecule has 1 aromatic carbocycles. The topological polar surface area (TPSA) is 101 Å². The van der Waals surface area contributed by atoms with Crippen molar-refractivity contribution in [1.29, 1.82) is 0 Å². The summed E-state index contributed by atoms with van der Waals surface area (Å²) in [6.07, 6.45) is 2.99. The summed E-state index contributed by atoms with van der Waals surface area (Å²) in [5.74, 6) is 1.33. The van der Waals surface area contributed by atoms with Gasteiger partial charge in [-0.05, 0) is 18.6 Å². The molecule has 1 atom stereocenters. The molecule has 10 heteroatoms. The number of fused-ring (bicyclic) bond motifs is 2. The van der Waals surface area contributed by atoms with E-state index < -0.39 is 0 Å². The van der Waals surface area contributed by atoms with Gasteiger partial charge in [0.2, 0.25) is 5.91 Å². The first-order valence-electron chi connectivity index (χ1n) is 8.53. The smallest absolute Gasteiger partial charge is 0.235 e. The van der Waals surface area contributed by atoms with E-state index in [4.69, 9.17) is 11.6 Å². The van der Waals surface area contributed by atoms with Crippen LogP contribution < -0.4 is 5.32 Å². The summed E-state index contributed by atoms with van der Waals surface area (Å²) in [6, 6.07) is 7.67. The Hall–Kier alpha value is -2.91. The largest absolute Gasteiger partial charge is 0.340 e. The molecule has 140 valence electrons. The van der Waals surface area contributed by atoms with Gasteiger partial charge in [-0.2, -0.15) is 9.78 Å². The normalized spacial score (nSPS) is 16.6. The second-order valence-corrected chi connectivity index (χ2v) is 7.82. The number of rotatable bonds is 2. The Morgan fingerprint density at radius 3 is 2.96 bits per heavy atom. The Bertz CT molecular complexity index is 1220. The van der Waals surface area contributed by atoms with Crippen LogP contribution in [0.25, 0.3) is 17.0 Å². The second-order valence-electron chi connectivity index (χ2n) is 6.32. The highest BCUT2D eigenvalue weighted by molar-refractivity contribution is 8.00. The van der Waals surface area contributed by atoms with E-state index in [0.717, 1.165) is 16.8 Å². The zero-order chi connectivity index (χ0) is 19.3. The van der Waals surface area contributed by atoms with Crippen LogP contribution in [-0.2, 0) is 4.79 Å². The van der Waals surface area contributed by atoms with Crippen molar-refractivity contribution in [3.8, 4) is 5.82 Å². The fraction of sp³-hybridized carbons (Fsp3) is 0.167. The lowest BCUT2D eigenvalue weighted by Crippen LogP contribution is -2.16. The maximum Gasteiger partial charge on any atom is 0.235 e. The molecule has 1 amide bonds. The van der Waals surface area contributed by atoms with Gasteiger partial charge >= 0.3 is 0 Å². The summed E-state index contributed by atoms with van der Waals surface area (Å²) in [7, 11) is 0. The second kappa shape index (κ2) is 6.61. The molecule has 0 spiro atoms. The number of hydrogen-bond acceptors (Lipinski definition) is 6. The fourth-order valence-corrected chi connectivity index (χ4v) is 4.92. The monoisotopic (exact) mass is 411 g/mol. The van der Waals surface area contributed by atoms with E-state index in [1.54, 1.807) is 11.0 Å². The molecule has 0 bridgehead atoms. The van der Waals surface area contributed by atoms with Gasteiger partial charge in [0, 0.05) is 10.6 Å². The van der Waals surface area contributed by atoms with Gasteiger partial charge in [0.15, 0.2) is 11.5 Å². The van der Waals surface area contributed by atoms with E-state index in [1.165, 1.54) is 18.1 Å². The van der Waals surface area contributed by atoms with E-state index in [1.807, 2.05) is 31.2 Å². The Morgan fingerprint density at radius 2 is 2.11 bits per heavy atom. The van der Waals surface area contributed by atoms with E-state index >= 15 is 0 Å². The third kappa shape index (κ3) is 2.66. The molecule has 0 radical (unpaired) electrons. The van der Waals surface area contributed by atoms with Gasteiger partial charge in [-0.1, -0.05) is 29.8 Å². The minimum Gasteiger partial charge on any atom is -0.340 e. The standard InChI is InChI=1S/C18H14ClN7OS/c1-9-13-15(10-4-2-3-5-11(10)19)28-6-12(27)24-17(13)26(25-9)18-14-16(21-7-20-14)22-8-23-18/h2-5,7-8,15H,6H2,1H3,(H,24,27)(H,20,21,22,23)/t15-/m1/s1. The van der Waals surface area contributed by atoms with Gasteiger partial charge in [0.05, 0.1) is 23.0 Å². The van der Waals surface area contributed by atoms with Crippen LogP contribution >= 0.6 is 23.4 Å². The number of anilines is 1. The van der Waals surface area contributed by atoms with Crippen molar-refractivity contribution in [2.75, 3.05) is 11.1 Å². The lowest BCUT2D eigenvalue weighted by Gasteiger charge is -2.16. The molecule has 0 saturated heterocycles. The first-order valence-corrected chi connectivity index (χ1v) is 9.96. The Morgan fingerprint density at radius 1 is 1.25 bits per heavy atom. The van der Waals surface area contributed by atoms with Crippen LogP contribution in [0.2, 0.25) is 5.02 Å². The molecular formula is C18H14ClN7OS. The van der Waals surface area contributed by atoms with Crippen molar-refractivity contribution in [1.82, 2.24) is 29.7 Å². The zero-order valence-electron chi connectivity index (χ0n) is 14.7. The lowest BCUT2D eigenvalue weighted by atomic mass is 10.0. The van der Waals surface area contributed by atoms with Gasteiger partial charge in [-0.3, -0.25) is 4.79 Å². The van der Waals surface area contributed by atoms with Crippen molar-refractivity contribution in [3.05, 3.63) is 58.8 Å². The third-order valence-electron chi connectivity index (χ3n) is 4.60. The van der Waals surface area contributed by atoms with Gasteiger partial charge in [0.1, 0.15) is 17.7 Å². The number of aromatic amines is 1. The summed E-state index contributed by atoms with van der Waals surface area (Å²) in [4.78, 5) is 28.2. The predicted octanol–water partition coefficient (Wildman–Crippen LogP) is 3.28. The molecule has 1 aliphatic rings. The van der Waals surface area contributed by atoms with Gasteiger partial charge in [-0.25, -0.2) is 15.0 Å². The van der Waals surface area contributed by atoms with Crippen LogP contribution in [0.1, 0.15) is 22.1 Å². The molecule has 0 saturated carbocycles. The number of aryl methyl sites for hydroxylation is 1. The highest BCUT2D eigenvalue weighted by Gasteiger charge is 2.32. The molecular weight excluding hydrogens is 398 g/mol. The maximum absolute atomic E-state index is 12.5. The number of hydrogen-bond donors (Lipinski definition) is 2. The number of amides is 1. The molecule has 1 aliphatic heterocycles. The van der Waals surface area contributed by atoms with Gasteiger partial charge < -0.3 is 10.3 Å². The van der Waals surface area contributed by atoms with Gasteiger partial charge in [0.25, 0.3) is 0 Å². The van der Waals surface area contributed by atoms with E-state index in [2.05, 4.69) is 30.4 Å². The Labute approximate surface area is 168 Å². The van der Waals surface area contributed by atoms with Crippen molar-refractivity contribution >= 4 is 46.3 Å². The molecule has 2 N–H and O–H groups in total. The molecule has 8 nitrogen and oxygen atoms in total. The van der Waals surface area contributed by atoms with Gasteiger partial charge in [-0.15, -0.1) is 11.8 Å². The van der Waals surface area contributed by atoms with Crippen LogP contribution in [0.5, 0.6) is 0 Å². The molecule has 0 aliphatic carbocycles. The zero-order valence-corrected chi connectivity index (χ0v) is 16.3. The molecule has 0 fully saturated rings. The number of nitrogens with one attached hydrogen (secondary N) is 2. The van der Waals surface area contributed by atoms with Crippen molar-refractivity contribution in [3.63, 3.8) is 0 Å². The number of nitrogens with zero attached hydrogens (tertiary/aromatic N) is 5. The van der Waals surface area contributed by atoms with E-state index in [0.29, 0.717) is 33.6 Å². The number of carbonyl (C=O) groups excluding carboxylic acids is 1. The summed E-state index contributed by atoms with van der Waals surface area (Å²) >= 11 is 8.00. The predicted molar refractivity (Wildman–Crippen MR) is 108 cm³/mol. The first kappa shape index (κ1) is 17.2. The SMILES string of the molecule is Cc1nn(-c2ncnc3nc[nH]c23)c2c1[C@@H](c1ccccc1Cl)SCC(=O)N2. The van der Waals surface area contributed by atoms with E-state index in [9.17, 15) is 4.79 Å². The lowest BCUT2D eigenvalue weighted by molar-refractivity contribution is -0.113. The molecule has 0 unspecified atom stereocenters. The summed E-state index contributed by atoms with van der Waals surface area (Å²) in [5.41, 5.74) is 3.83. The summed E-state index contributed by atoms with van der Waals surface area (Å²) in [6.45, 7) is 1.92. The highest BCUT2D eigenvalue weighted by Crippen LogP contribution is 2.45. The quantitative estimate of drug-likeness (QED) is 0.525. The van der Waals surface area contributed by atoms with Crippen molar-refractivity contribution < 1.29 is 4.79 Å². The molecule has 3 aromatic heterocycles. The highest BCUT2D eigenvalue weighted by atomic mass is 35.5. The number of H-pyrrole nitrogens is 1. The molecule has 28 heavy (non-hydrogen) atoms. The fourth-order valence-electron chi connectivity index (χ4n) is 3.38. The molecule has 4 heterocycles. The number of imidazole rings is 1. The van der Waals surface area contributed by atoms with Crippen LogP contribution in [0, 0.1) is 6.92 Å². The number of aromatic nitrogens is 6. The minimum absolute atomic E-state index is 0.100. The third-order valence-corrected chi connectivity index (χ3v) is 6.20. The van der Waals surface area contributed by atoms with Crippen molar-refractivity contribution in [2.45, 2.75) is 12.2 Å². The summed E-state index contributed by atoms with van der Waals surface area (Å²) < 4.78 is 1.64. The summed E-state index contributed by atoms with van der Waals surface area (Å²) in [5, 5.41) is 8.20. The average molecular weight is 412 g/mol. The molecule has 4 aromatic rings. The number of thioether (sulfide) groups is 1. The van der Waals surface area contributed by atoms with E-state index in [-0.39, 0.29) is 11.2 Å². The van der Waals surface area contributed by atoms with Crippen LogP contribution in [0.15, 0.2) is 36.9 Å². The Balaban J connectivity index is 1.76. The van der Waals surface area contributed by atoms with Crippen LogP contribution in [-0.4, -0.2) is 41.4 Å². The number of carbonyl (C=O) groups is 1. The number of benzene rings is 1. The Kier molecular flexibility index (Phi) is 4.06. The van der Waals surface area contributed by atoms with Crippen LogP contribution in [0.3, 0.4) is 0 Å². The molecule has 5 rings (SSSR count). The maximum atomic E-state index is 12.5. The first-order chi connectivity index (χ1) is 13.6. The number of halogens is 1.